The van der Waals surface area contributed by atoms with Crippen LogP contribution in [0.5, 0.6) is 17.4 Å². The van der Waals surface area contributed by atoms with Gasteiger partial charge in [0.1, 0.15) is 17.2 Å². The van der Waals surface area contributed by atoms with Crippen molar-refractivity contribution in [3.8, 4) is 40.4 Å². The van der Waals surface area contributed by atoms with E-state index in [9.17, 15) is 31.1 Å². The van der Waals surface area contributed by atoms with Gasteiger partial charge in [-0.25, -0.2) is 9.97 Å². The number of fused-ring (bicyclic) bond motifs is 1. The van der Waals surface area contributed by atoms with E-state index in [4.69, 9.17) is 14.0 Å². The van der Waals surface area contributed by atoms with Gasteiger partial charge in [0, 0.05) is 31.1 Å². The Balaban J connectivity index is 0.889. The Morgan fingerprint density at radius 1 is 0.846 bits per heavy atom. The molecule has 270 valence electrons. The molecule has 0 bridgehead atoms. The molecular formula is C36H30F6N6O4. The number of halogens is 6. The van der Waals surface area contributed by atoms with Crippen LogP contribution < -0.4 is 9.47 Å². The molecule has 2 aromatic heterocycles. The second-order valence-corrected chi connectivity index (χ2v) is 12.6. The summed E-state index contributed by atoms with van der Waals surface area (Å²) < 4.78 is 91.7. The van der Waals surface area contributed by atoms with Crippen molar-refractivity contribution in [1.29, 1.82) is 0 Å². The van der Waals surface area contributed by atoms with Gasteiger partial charge in [-0.2, -0.15) is 31.3 Å². The Labute approximate surface area is 293 Å². The highest BCUT2D eigenvalue weighted by Crippen LogP contribution is 2.33. The first-order valence-corrected chi connectivity index (χ1v) is 16.3. The quantitative estimate of drug-likeness (QED) is 0.141. The van der Waals surface area contributed by atoms with Crippen molar-refractivity contribution in [2.45, 2.75) is 44.8 Å². The molecule has 7 rings (SSSR count). The highest BCUT2D eigenvalue weighted by atomic mass is 19.4. The molecule has 2 aliphatic rings. The maximum absolute atomic E-state index is 13.5. The predicted molar refractivity (Wildman–Crippen MR) is 173 cm³/mol. The van der Waals surface area contributed by atoms with Gasteiger partial charge in [-0.1, -0.05) is 35.5 Å². The molecule has 0 unspecified atom stereocenters. The standard InChI is InChI=1S/C36H30F6N6O4/c37-35(38,39)21-50-28-8-1-22(2-9-28)18-47-13-11-24(12-14-47)34(49)48-19-25-5-10-29(15-26(25)20-48)51-31-17-43-30(16-44-31)33-45-32(46-52-33)23-3-6-27(7-4-23)36(40,41)42/h1-10,15-17,24H,11-14,18-21H2. The van der Waals surface area contributed by atoms with Crippen LogP contribution in [0.2, 0.25) is 0 Å². The van der Waals surface area contributed by atoms with Crippen LogP contribution in [-0.4, -0.2) is 61.7 Å². The summed E-state index contributed by atoms with van der Waals surface area (Å²) in [4.78, 5) is 30.3. The Morgan fingerprint density at radius 3 is 2.23 bits per heavy atom. The summed E-state index contributed by atoms with van der Waals surface area (Å²) in [5.74, 6) is 1.03. The number of alkyl halides is 6. The number of benzene rings is 3. The number of hydrogen-bond acceptors (Lipinski definition) is 9. The summed E-state index contributed by atoms with van der Waals surface area (Å²) in [5, 5.41) is 3.83. The fourth-order valence-electron chi connectivity index (χ4n) is 6.15. The summed E-state index contributed by atoms with van der Waals surface area (Å²) in [6.45, 7) is 1.73. The molecule has 16 heteroatoms. The van der Waals surface area contributed by atoms with E-state index in [0.717, 1.165) is 41.9 Å². The average molecular weight is 725 g/mol. The molecule has 4 heterocycles. The number of rotatable bonds is 9. The van der Waals surface area contributed by atoms with Gasteiger partial charge in [-0.3, -0.25) is 9.69 Å². The fourth-order valence-corrected chi connectivity index (χ4v) is 6.15. The summed E-state index contributed by atoms with van der Waals surface area (Å²) >= 11 is 0. The third-order valence-electron chi connectivity index (χ3n) is 8.85. The van der Waals surface area contributed by atoms with E-state index < -0.39 is 24.5 Å². The number of carbonyl (C=O) groups excluding carboxylic acids is 1. The van der Waals surface area contributed by atoms with E-state index in [1.807, 2.05) is 17.0 Å². The van der Waals surface area contributed by atoms with E-state index in [1.165, 1.54) is 36.7 Å². The minimum atomic E-state index is -4.45. The van der Waals surface area contributed by atoms with Crippen molar-refractivity contribution >= 4 is 5.91 Å². The lowest BCUT2D eigenvalue weighted by Gasteiger charge is -2.33. The average Bonchev–Trinajstić information content (AvgIpc) is 3.79. The van der Waals surface area contributed by atoms with Crippen molar-refractivity contribution in [2.24, 2.45) is 5.92 Å². The number of nitrogens with zero attached hydrogens (tertiary/aromatic N) is 6. The monoisotopic (exact) mass is 724 g/mol. The Kier molecular flexibility index (Phi) is 9.57. The summed E-state index contributed by atoms with van der Waals surface area (Å²) in [7, 11) is 0. The SMILES string of the molecule is O=C(C1CCN(Cc2ccc(OCC(F)(F)F)cc2)CC1)N1Cc2ccc(Oc3cnc(-c4nc(-c5ccc(C(F)(F)F)cc5)no4)cn3)cc2C1. The van der Waals surface area contributed by atoms with E-state index in [0.29, 0.717) is 43.8 Å². The molecule has 1 saturated heterocycles. The molecule has 3 aromatic carbocycles. The second kappa shape index (κ2) is 14.3. The third kappa shape index (κ3) is 8.33. The molecule has 0 radical (unpaired) electrons. The van der Waals surface area contributed by atoms with Crippen molar-refractivity contribution in [2.75, 3.05) is 19.7 Å². The summed E-state index contributed by atoms with van der Waals surface area (Å²) in [5.41, 5.74) is 2.77. The molecule has 0 saturated carbocycles. The maximum atomic E-state index is 13.5. The zero-order chi connectivity index (χ0) is 36.5. The molecule has 10 nitrogen and oxygen atoms in total. The normalized spacial score (nSPS) is 15.5. The first-order chi connectivity index (χ1) is 24.9. The minimum absolute atomic E-state index is 0.0353. The van der Waals surface area contributed by atoms with Crippen molar-refractivity contribution < 1.29 is 45.1 Å². The van der Waals surface area contributed by atoms with Gasteiger partial charge in [0.2, 0.25) is 17.6 Å². The van der Waals surface area contributed by atoms with Crippen molar-refractivity contribution in [3.05, 3.63) is 101 Å². The van der Waals surface area contributed by atoms with Gasteiger partial charge < -0.3 is 18.9 Å². The lowest BCUT2D eigenvalue weighted by Crippen LogP contribution is -2.40. The van der Waals surface area contributed by atoms with E-state index in [-0.39, 0.29) is 40.9 Å². The Hall–Kier alpha value is -5.51. The van der Waals surface area contributed by atoms with Gasteiger partial charge in [0.05, 0.1) is 18.0 Å². The molecule has 0 atom stereocenters. The van der Waals surface area contributed by atoms with E-state index >= 15 is 0 Å². The van der Waals surface area contributed by atoms with E-state index in [1.54, 1.807) is 18.2 Å². The minimum Gasteiger partial charge on any atom is -0.484 e. The molecule has 52 heavy (non-hydrogen) atoms. The molecule has 0 aliphatic carbocycles. The molecule has 1 fully saturated rings. The van der Waals surface area contributed by atoms with Crippen LogP contribution in [-0.2, 0) is 30.6 Å². The topological polar surface area (TPSA) is 107 Å². The van der Waals surface area contributed by atoms with Gasteiger partial charge in [0.25, 0.3) is 5.89 Å². The maximum Gasteiger partial charge on any atom is 0.422 e. The molecule has 1 amide bonds. The smallest absolute Gasteiger partial charge is 0.422 e. The molecular weight excluding hydrogens is 694 g/mol. The Morgan fingerprint density at radius 2 is 1.56 bits per heavy atom. The summed E-state index contributed by atoms with van der Waals surface area (Å²) in [6.07, 6.45) is -4.66. The number of aromatic nitrogens is 4. The van der Waals surface area contributed by atoms with Crippen LogP contribution in [0.15, 0.2) is 83.6 Å². The Bertz CT molecular complexity index is 2010. The van der Waals surface area contributed by atoms with Crippen molar-refractivity contribution in [3.63, 3.8) is 0 Å². The van der Waals surface area contributed by atoms with Gasteiger partial charge in [-0.15, -0.1) is 0 Å². The van der Waals surface area contributed by atoms with Gasteiger partial charge in [-0.05, 0) is 79.0 Å². The molecule has 0 spiro atoms. The van der Waals surface area contributed by atoms with Crippen LogP contribution in [0.3, 0.4) is 0 Å². The van der Waals surface area contributed by atoms with E-state index in [2.05, 4.69) is 25.0 Å². The number of hydrogen-bond donors (Lipinski definition) is 0. The zero-order valence-electron chi connectivity index (χ0n) is 27.3. The number of ether oxygens (including phenoxy) is 2. The fraction of sp³-hybridized carbons (Fsp3) is 0.306. The number of amides is 1. The lowest BCUT2D eigenvalue weighted by molar-refractivity contribution is -0.153. The lowest BCUT2D eigenvalue weighted by atomic mass is 9.95. The first-order valence-electron chi connectivity index (χ1n) is 16.3. The zero-order valence-corrected chi connectivity index (χ0v) is 27.3. The van der Waals surface area contributed by atoms with Crippen LogP contribution >= 0.6 is 0 Å². The molecule has 0 N–H and O–H groups in total. The van der Waals surface area contributed by atoms with Gasteiger partial charge in [0.15, 0.2) is 6.61 Å². The van der Waals surface area contributed by atoms with Crippen LogP contribution in [0.1, 0.15) is 35.1 Å². The van der Waals surface area contributed by atoms with Crippen LogP contribution in [0, 0.1) is 5.92 Å². The number of carbonyl (C=O) groups is 1. The number of piperidine rings is 1. The highest BCUT2D eigenvalue weighted by Gasteiger charge is 2.33. The van der Waals surface area contributed by atoms with Crippen LogP contribution in [0.25, 0.3) is 23.0 Å². The second-order valence-electron chi connectivity index (χ2n) is 12.6. The molecule has 2 aliphatic heterocycles. The molecule has 5 aromatic rings. The van der Waals surface area contributed by atoms with Crippen molar-refractivity contribution in [1.82, 2.24) is 29.9 Å². The third-order valence-corrected chi connectivity index (χ3v) is 8.85. The van der Waals surface area contributed by atoms with Gasteiger partial charge >= 0.3 is 12.4 Å². The predicted octanol–water partition coefficient (Wildman–Crippen LogP) is 7.70. The number of likely N-dealkylation sites (tertiary alicyclic amines) is 1. The largest absolute Gasteiger partial charge is 0.484 e. The highest BCUT2D eigenvalue weighted by molar-refractivity contribution is 5.79. The van der Waals surface area contributed by atoms with Crippen LogP contribution in [0.4, 0.5) is 26.3 Å². The summed E-state index contributed by atoms with van der Waals surface area (Å²) in [6, 6.07) is 16.6. The first kappa shape index (κ1) is 34.9.